The minimum absolute atomic E-state index is 0.137. The van der Waals surface area contributed by atoms with Crippen molar-refractivity contribution in [1.82, 2.24) is 15.2 Å². The third-order valence-electron chi connectivity index (χ3n) is 5.03. The van der Waals surface area contributed by atoms with Gasteiger partial charge in [0.15, 0.2) is 5.76 Å². The molecule has 0 radical (unpaired) electrons. The van der Waals surface area contributed by atoms with Gasteiger partial charge in [-0.3, -0.25) is 9.69 Å². The number of benzene rings is 1. The molecule has 0 spiro atoms. The molecule has 2 aromatic heterocycles. The number of nitrogens with one attached hydrogen (secondary N) is 1. The summed E-state index contributed by atoms with van der Waals surface area (Å²) in [6.45, 7) is 6.05. The Hall–Kier alpha value is -2.86. The van der Waals surface area contributed by atoms with Gasteiger partial charge in [0, 0.05) is 32.1 Å². The van der Waals surface area contributed by atoms with Gasteiger partial charge in [-0.05, 0) is 38.0 Å². The number of amides is 1. The highest BCUT2D eigenvalue weighted by Crippen LogP contribution is 2.25. The molecule has 1 aromatic carbocycles. The number of carbonyl (C=O) groups excluding carboxylic acids is 1. The second kappa shape index (κ2) is 8.02. The molecular weight excluding hydrogens is 354 g/mol. The topological polar surface area (TPSA) is 71.5 Å². The molecule has 1 N–H and O–H groups in total. The van der Waals surface area contributed by atoms with E-state index in [9.17, 15) is 4.79 Å². The van der Waals surface area contributed by atoms with Crippen LogP contribution in [0.4, 0.5) is 0 Å². The van der Waals surface area contributed by atoms with Gasteiger partial charge in [-0.1, -0.05) is 30.3 Å². The van der Waals surface area contributed by atoms with E-state index < -0.39 is 0 Å². The highest BCUT2D eigenvalue weighted by molar-refractivity contribution is 5.78. The minimum atomic E-state index is 0.137. The van der Waals surface area contributed by atoms with E-state index >= 15 is 0 Å². The monoisotopic (exact) mass is 379 g/mol. The van der Waals surface area contributed by atoms with E-state index in [4.69, 9.17) is 8.83 Å². The third kappa shape index (κ3) is 4.34. The van der Waals surface area contributed by atoms with Crippen LogP contribution in [0.15, 0.2) is 51.3 Å². The molecule has 1 saturated heterocycles. The molecule has 3 aromatic rings. The number of carbonyl (C=O) groups is 1. The predicted molar refractivity (Wildman–Crippen MR) is 105 cm³/mol. The van der Waals surface area contributed by atoms with Crippen LogP contribution >= 0.6 is 0 Å². The number of aromatic nitrogens is 1. The van der Waals surface area contributed by atoms with Gasteiger partial charge < -0.3 is 14.2 Å². The lowest BCUT2D eigenvalue weighted by molar-refractivity contribution is -0.119. The van der Waals surface area contributed by atoms with Crippen molar-refractivity contribution in [3.8, 4) is 11.7 Å². The maximum Gasteiger partial charge on any atom is 0.263 e. The molecular formula is C22H25N3O3. The van der Waals surface area contributed by atoms with E-state index in [1.54, 1.807) is 0 Å². The van der Waals surface area contributed by atoms with Gasteiger partial charge in [-0.2, -0.15) is 0 Å². The Labute approximate surface area is 164 Å². The molecule has 0 unspecified atom stereocenters. The Balaban J connectivity index is 1.52. The van der Waals surface area contributed by atoms with Crippen LogP contribution in [0.5, 0.6) is 0 Å². The molecule has 0 aliphatic carbocycles. The predicted octanol–water partition coefficient (Wildman–Crippen LogP) is 3.83. The quantitative estimate of drug-likeness (QED) is 0.675. The van der Waals surface area contributed by atoms with Gasteiger partial charge in [-0.25, -0.2) is 4.98 Å². The fourth-order valence-corrected chi connectivity index (χ4v) is 3.59. The molecule has 28 heavy (non-hydrogen) atoms. The number of oxazole rings is 1. The fraction of sp³-hybridized carbons (Fsp3) is 0.364. The molecule has 1 fully saturated rings. The molecule has 6 heteroatoms. The van der Waals surface area contributed by atoms with Crippen molar-refractivity contribution in [2.45, 2.75) is 45.8 Å². The molecule has 4 rings (SSSR count). The average Bonchev–Trinajstić information content (AvgIpc) is 3.37. The Morgan fingerprint density at radius 3 is 2.61 bits per heavy atom. The average molecular weight is 379 g/mol. The summed E-state index contributed by atoms with van der Waals surface area (Å²) >= 11 is 0. The zero-order valence-electron chi connectivity index (χ0n) is 16.3. The number of furan rings is 1. The van der Waals surface area contributed by atoms with E-state index in [1.807, 2.05) is 44.2 Å². The van der Waals surface area contributed by atoms with Crippen LogP contribution in [-0.2, 0) is 17.9 Å². The molecule has 1 aliphatic heterocycles. The smallest absolute Gasteiger partial charge is 0.263 e. The van der Waals surface area contributed by atoms with Gasteiger partial charge in [0.05, 0.1) is 5.69 Å². The van der Waals surface area contributed by atoms with Crippen LogP contribution in [0.3, 0.4) is 0 Å². The third-order valence-corrected chi connectivity index (χ3v) is 5.03. The molecule has 1 aliphatic rings. The van der Waals surface area contributed by atoms with Crippen LogP contribution in [0, 0.1) is 13.8 Å². The van der Waals surface area contributed by atoms with Crippen LogP contribution in [0.25, 0.3) is 11.7 Å². The van der Waals surface area contributed by atoms with Crippen molar-refractivity contribution in [3.63, 3.8) is 0 Å². The first-order valence-corrected chi connectivity index (χ1v) is 9.65. The number of rotatable bonds is 7. The summed E-state index contributed by atoms with van der Waals surface area (Å²) in [6, 6.07) is 14.3. The molecule has 146 valence electrons. The van der Waals surface area contributed by atoms with E-state index in [0.29, 0.717) is 24.6 Å². The van der Waals surface area contributed by atoms with Crippen LogP contribution < -0.4 is 5.32 Å². The summed E-state index contributed by atoms with van der Waals surface area (Å²) in [4.78, 5) is 18.6. The van der Waals surface area contributed by atoms with Crippen LogP contribution in [-0.4, -0.2) is 28.4 Å². The van der Waals surface area contributed by atoms with Gasteiger partial charge in [0.2, 0.25) is 5.91 Å². The lowest BCUT2D eigenvalue weighted by atomic mass is 10.1. The highest BCUT2D eigenvalue weighted by Gasteiger charge is 2.24. The summed E-state index contributed by atoms with van der Waals surface area (Å²) in [6.07, 6.45) is 1.48. The molecule has 0 bridgehead atoms. The van der Waals surface area contributed by atoms with E-state index in [1.165, 1.54) is 5.56 Å². The number of nitrogens with zero attached hydrogens (tertiary/aromatic N) is 2. The molecule has 1 atom stereocenters. The Morgan fingerprint density at radius 2 is 1.93 bits per heavy atom. The maximum atomic E-state index is 11.6. The first-order valence-electron chi connectivity index (χ1n) is 9.65. The Kier molecular flexibility index (Phi) is 5.30. The van der Waals surface area contributed by atoms with Gasteiger partial charge >= 0.3 is 0 Å². The first kappa shape index (κ1) is 18.5. The second-order valence-corrected chi connectivity index (χ2v) is 7.39. The fourth-order valence-electron chi connectivity index (χ4n) is 3.59. The number of hydrogen-bond acceptors (Lipinski definition) is 5. The van der Waals surface area contributed by atoms with E-state index in [2.05, 4.69) is 27.3 Å². The van der Waals surface area contributed by atoms with Crippen molar-refractivity contribution in [2.24, 2.45) is 0 Å². The standard InChI is InChI=1S/C22H25N3O3/c1-15-8-10-20(27-15)22-24-19(16(2)28-22)14-25(12-17-6-4-3-5-7-17)13-18-9-11-21(26)23-18/h3-8,10,18H,9,11-14H2,1-2H3,(H,23,26)/t18-/m0/s1. The highest BCUT2D eigenvalue weighted by atomic mass is 16.4. The molecule has 3 heterocycles. The summed E-state index contributed by atoms with van der Waals surface area (Å²) < 4.78 is 11.5. The van der Waals surface area contributed by atoms with E-state index in [-0.39, 0.29) is 11.9 Å². The van der Waals surface area contributed by atoms with Crippen LogP contribution in [0.1, 0.15) is 35.6 Å². The Morgan fingerprint density at radius 1 is 1.11 bits per heavy atom. The van der Waals surface area contributed by atoms with E-state index in [0.717, 1.165) is 36.7 Å². The van der Waals surface area contributed by atoms with Crippen molar-refractivity contribution in [2.75, 3.05) is 6.54 Å². The second-order valence-electron chi connectivity index (χ2n) is 7.39. The maximum absolute atomic E-state index is 11.6. The lowest BCUT2D eigenvalue weighted by Gasteiger charge is -2.25. The molecule has 1 amide bonds. The first-order chi connectivity index (χ1) is 13.6. The summed E-state index contributed by atoms with van der Waals surface area (Å²) in [5.74, 6) is 2.91. The Bertz CT molecular complexity index is 945. The number of hydrogen-bond donors (Lipinski definition) is 1. The zero-order chi connectivity index (χ0) is 19.5. The van der Waals surface area contributed by atoms with Crippen molar-refractivity contribution < 1.29 is 13.6 Å². The van der Waals surface area contributed by atoms with Gasteiger partial charge in [0.25, 0.3) is 5.89 Å². The number of aryl methyl sites for hydroxylation is 2. The van der Waals surface area contributed by atoms with Crippen molar-refractivity contribution in [1.29, 1.82) is 0 Å². The van der Waals surface area contributed by atoms with Crippen molar-refractivity contribution in [3.05, 3.63) is 65.2 Å². The van der Waals surface area contributed by atoms with Gasteiger partial charge in [-0.15, -0.1) is 0 Å². The largest absolute Gasteiger partial charge is 0.456 e. The normalized spacial score (nSPS) is 16.7. The zero-order valence-corrected chi connectivity index (χ0v) is 16.3. The molecule has 0 saturated carbocycles. The SMILES string of the molecule is Cc1ccc(-c2nc(CN(Cc3ccccc3)C[C@@H]3CCC(=O)N3)c(C)o2)o1. The van der Waals surface area contributed by atoms with Crippen molar-refractivity contribution >= 4 is 5.91 Å². The summed E-state index contributed by atoms with van der Waals surface area (Å²) in [5.41, 5.74) is 2.12. The minimum Gasteiger partial charge on any atom is -0.456 e. The summed E-state index contributed by atoms with van der Waals surface area (Å²) in [5, 5.41) is 3.06. The van der Waals surface area contributed by atoms with Gasteiger partial charge in [0.1, 0.15) is 11.5 Å². The lowest BCUT2D eigenvalue weighted by Crippen LogP contribution is -2.38. The molecule has 6 nitrogen and oxygen atoms in total. The van der Waals surface area contributed by atoms with Crippen LogP contribution in [0.2, 0.25) is 0 Å². The summed E-state index contributed by atoms with van der Waals surface area (Å²) in [7, 11) is 0.